The fourth-order valence-corrected chi connectivity index (χ4v) is 3.35. The average Bonchev–Trinajstić information content (AvgIpc) is 2.98. The number of hydrogen-bond acceptors (Lipinski definition) is 3. The molecule has 19 heavy (non-hydrogen) atoms. The molecule has 1 unspecified atom stereocenters. The molecule has 2 N–H and O–H groups in total. The Morgan fingerprint density at radius 3 is 2.58 bits per heavy atom. The van der Waals surface area contributed by atoms with Crippen molar-refractivity contribution < 1.29 is 4.74 Å². The fourth-order valence-electron chi connectivity index (χ4n) is 3.35. The molecule has 2 rings (SSSR count). The highest BCUT2D eigenvalue weighted by atomic mass is 16.5. The summed E-state index contributed by atoms with van der Waals surface area (Å²) in [7, 11) is 1.73. The van der Waals surface area contributed by atoms with E-state index >= 15 is 0 Å². The number of benzene rings is 1. The highest BCUT2D eigenvalue weighted by Crippen LogP contribution is 2.34. The minimum absolute atomic E-state index is 0.268. The van der Waals surface area contributed by atoms with Crippen molar-refractivity contribution >= 4 is 0 Å². The van der Waals surface area contributed by atoms with E-state index in [1.54, 1.807) is 7.11 Å². The Labute approximate surface area is 116 Å². The van der Waals surface area contributed by atoms with Crippen LogP contribution >= 0.6 is 0 Å². The predicted molar refractivity (Wildman–Crippen MR) is 79.4 cm³/mol. The van der Waals surface area contributed by atoms with Crippen LogP contribution in [0.25, 0.3) is 0 Å². The second-order valence-electron chi connectivity index (χ2n) is 5.26. The molecule has 1 aromatic rings. The fraction of sp³-hybridized carbons (Fsp3) is 0.625. The largest absolute Gasteiger partial charge is 0.496 e. The molecule has 0 heterocycles. The van der Waals surface area contributed by atoms with E-state index in [9.17, 15) is 0 Å². The Balaban J connectivity index is 2.26. The number of hydrogen-bond donors (Lipinski definition) is 1. The van der Waals surface area contributed by atoms with Gasteiger partial charge in [0, 0.05) is 18.2 Å². The number of rotatable bonds is 6. The van der Waals surface area contributed by atoms with Gasteiger partial charge in [-0.25, -0.2) is 0 Å². The zero-order chi connectivity index (χ0) is 13.7. The maximum Gasteiger partial charge on any atom is 0.123 e. The van der Waals surface area contributed by atoms with E-state index < -0.39 is 0 Å². The number of nitrogens with two attached hydrogens (primary N) is 1. The molecule has 0 aliphatic heterocycles. The average molecular weight is 262 g/mol. The molecule has 1 aliphatic carbocycles. The van der Waals surface area contributed by atoms with E-state index in [4.69, 9.17) is 10.5 Å². The topological polar surface area (TPSA) is 38.5 Å². The lowest BCUT2D eigenvalue weighted by Gasteiger charge is -2.35. The van der Waals surface area contributed by atoms with Crippen LogP contribution in [0.1, 0.15) is 44.2 Å². The minimum Gasteiger partial charge on any atom is -0.496 e. The molecular formula is C16H26N2O. The van der Waals surface area contributed by atoms with Crippen molar-refractivity contribution in [2.24, 2.45) is 5.73 Å². The molecule has 3 nitrogen and oxygen atoms in total. The lowest BCUT2D eigenvalue weighted by molar-refractivity contribution is 0.145. The maximum atomic E-state index is 6.08. The van der Waals surface area contributed by atoms with Crippen molar-refractivity contribution in [2.45, 2.75) is 44.7 Å². The summed E-state index contributed by atoms with van der Waals surface area (Å²) in [5.41, 5.74) is 7.30. The summed E-state index contributed by atoms with van der Waals surface area (Å²) in [6.45, 7) is 3.92. The van der Waals surface area contributed by atoms with Crippen LogP contribution in [0.2, 0.25) is 0 Å². The van der Waals surface area contributed by atoms with Crippen LogP contribution in [-0.4, -0.2) is 31.1 Å². The third-order valence-electron chi connectivity index (χ3n) is 4.28. The van der Waals surface area contributed by atoms with E-state index in [0.29, 0.717) is 12.6 Å². The van der Waals surface area contributed by atoms with Crippen molar-refractivity contribution in [1.82, 2.24) is 4.90 Å². The van der Waals surface area contributed by atoms with E-state index in [-0.39, 0.29) is 6.04 Å². The standard InChI is InChI=1S/C16H26N2O/c1-3-18(13-8-4-5-9-13)15(12-17)14-10-6-7-11-16(14)19-2/h6-7,10-11,13,15H,3-5,8-9,12,17H2,1-2H3. The number of likely N-dealkylation sites (N-methyl/N-ethyl adjacent to an activating group) is 1. The van der Waals surface area contributed by atoms with Gasteiger partial charge in [-0.3, -0.25) is 4.90 Å². The Hall–Kier alpha value is -1.06. The molecule has 1 atom stereocenters. The molecule has 106 valence electrons. The van der Waals surface area contributed by atoms with Gasteiger partial charge < -0.3 is 10.5 Å². The first-order chi connectivity index (χ1) is 9.31. The van der Waals surface area contributed by atoms with Crippen LogP contribution in [0.15, 0.2) is 24.3 Å². The molecule has 0 spiro atoms. The molecule has 1 aromatic carbocycles. The van der Waals surface area contributed by atoms with E-state index in [1.807, 2.05) is 12.1 Å². The van der Waals surface area contributed by atoms with E-state index in [1.165, 1.54) is 31.2 Å². The molecule has 1 fully saturated rings. The van der Waals surface area contributed by atoms with Crippen LogP contribution in [0.4, 0.5) is 0 Å². The SMILES string of the molecule is CCN(C1CCCC1)C(CN)c1ccccc1OC. The zero-order valence-corrected chi connectivity index (χ0v) is 12.1. The molecule has 0 aromatic heterocycles. The monoisotopic (exact) mass is 262 g/mol. The van der Waals surface area contributed by atoms with E-state index in [0.717, 1.165) is 12.3 Å². The third kappa shape index (κ3) is 3.10. The minimum atomic E-state index is 0.268. The van der Waals surface area contributed by atoms with Gasteiger partial charge in [0.25, 0.3) is 0 Å². The summed E-state index contributed by atoms with van der Waals surface area (Å²) in [6.07, 6.45) is 5.31. The van der Waals surface area contributed by atoms with Gasteiger partial charge in [-0.05, 0) is 25.5 Å². The molecule has 0 amide bonds. The van der Waals surface area contributed by atoms with Crippen molar-refractivity contribution in [2.75, 3.05) is 20.2 Å². The Kier molecular flexibility index (Phi) is 5.23. The van der Waals surface area contributed by atoms with Gasteiger partial charge in [-0.2, -0.15) is 0 Å². The lowest BCUT2D eigenvalue weighted by atomic mass is 10.0. The van der Waals surface area contributed by atoms with Gasteiger partial charge in [-0.15, -0.1) is 0 Å². The summed E-state index contributed by atoms with van der Waals surface area (Å²) < 4.78 is 5.50. The molecular weight excluding hydrogens is 236 g/mol. The van der Waals surface area contributed by atoms with Gasteiger partial charge in [0.15, 0.2) is 0 Å². The lowest BCUT2D eigenvalue weighted by Crippen LogP contribution is -2.40. The summed E-state index contributed by atoms with van der Waals surface area (Å²) >= 11 is 0. The van der Waals surface area contributed by atoms with Crippen LogP contribution in [0, 0.1) is 0 Å². The van der Waals surface area contributed by atoms with Gasteiger partial charge in [0.1, 0.15) is 5.75 Å². The second-order valence-corrected chi connectivity index (χ2v) is 5.26. The first-order valence-electron chi connectivity index (χ1n) is 7.40. The normalized spacial score (nSPS) is 17.9. The molecule has 1 aliphatic rings. The molecule has 3 heteroatoms. The van der Waals surface area contributed by atoms with Crippen LogP contribution in [0.3, 0.4) is 0 Å². The van der Waals surface area contributed by atoms with Crippen molar-refractivity contribution in [3.63, 3.8) is 0 Å². The zero-order valence-electron chi connectivity index (χ0n) is 12.1. The summed E-state index contributed by atoms with van der Waals surface area (Å²) in [5, 5.41) is 0. The molecule has 0 radical (unpaired) electrons. The van der Waals surface area contributed by atoms with Gasteiger partial charge >= 0.3 is 0 Å². The highest BCUT2D eigenvalue weighted by Gasteiger charge is 2.29. The smallest absolute Gasteiger partial charge is 0.123 e. The van der Waals surface area contributed by atoms with Gasteiger partial charge in [0.2, 0.25) is 0 Å². The van der Waals surface area contributed by atoms with E-state index in [2.05, 4.69) is 24.0 Å². The maximum absolute atomic E-state index is 6.08. The van der Waals surface area contributed by atoms with Crippen molar-refractivity contribution in [3.05, 3.63) is 29.8 Å². The van der Waals surface area contributed by atoms with Crippen molar-refractivity contribution in [3.8, 4) is 5.75 Å². The number of methoxy groups -OCH3 is 1. The Bertz CT molecular complexity index is 388. The van der Waals surface area contributed by atoms with Crippen LogP contribution in [0.5, 0.6) is 5.75 Å². The Morgan fingerprint density at radius 1 is 1.32 bits per heavy atom. The second kappa shape index (κ2) is 6.92. The summed E-state index contributed by atoms with van der Waals surface area (Å²) in [5.74, 6) is 0.953. The predicted octanol–water partition coefficient (Wildman–Crippen LogP) is 2.96. The van der Waals surface area contributed by atoms with Gasteiger partial charge in [-0.1, -0.05) is 38.0 Å². The molecule has 0 saturated heterocycles. The van der Waals surface area contributed by atoms with Crippen LogP contribution < -0.4 is 10.5 Å². The number of para-hydroxylation sites is 1. The first-order valence-corrected chi connectivity index (χ1v) is 7.40. The summed E-state index contributed by atoms with van der Waals surface area (Å²) in [4.78, 5) is 2.56. The number of ether oxygens (including phenoxy) is 1. The molecule has 1 saturated carbocycles. The summed E-state index contributed by atoms with van der Waals surface area (Å²) in [6, 6.07) is 9.21. The first kappa shape index (κ1) is 14.4. The third-order valence-corrected chi connectivity index (χ3v) is 4.28. The highest BCUT2D eigenvalue weighted by molar-refractivity contribution is 5.36. The van der Waals surface area contributed by atoms with Crippen molar-refractivity contribution in [1.29, 1.82) is 0 Å². The quantitative estimate of drug-likeness (QED) is 0.856. The number of nitrogens with zero attached hydrogens (tertiary/aromatic N) is 1. The van der Waals surface area contributed by atoms with Gasteiger partial charge in [0.05, 0.1) is 13.2 Å². The molecule has 0 bridgehead atoms. The van der Waals surface area contributed by atoms with Crippen LogP contribution in [-0.2, 0) is 0 Å². The Morgan fingerprint density at radius 2 is 2.00 bits per heavy atom.